The molecule has 20 heavy (non-hydrogen) atoms. The topological polar surface area (TPSA) is 12.0 Å². The smallest absolute Gasteiger partial charge is 0.370 e. The van der Waals surface area contributed by atoms with E-state index >= 15 is 0 Å². The van der Waals surface area contributed by atoms with Crippen molar-refractivity contribution in [3.63, 3.8) is 0 Å². The molecule has 1 N–H and O–H groups in total. The zero-order valence-corrected chi connectivity index (χ0v) is 15.3. The summed E-state index contributed by atoms with van der Waals surface area (Å²) in [6, 6.07) is 0. The molecular weight excluding hydrogens is 257 g/mol. The molecule has 4 saturated carbocycles. The van der Waals surface area contributed by atoms with Crippen LogP contribution in [-0.2, 0) is 0 Å². The molecule has 1 nitrogen and oxygen atoms in total. The second-order valence-electron chi connectivity index (χ2n) is 9.30. The molecule has 0 aliphatic heterocycles. The average Bonchev–Trinajstić information content (AvgIpc) is 2.23. The number of hydrogen-bond acceptors (Lipinski definition) is 1. The van der Waals surface area contributed by atoms with E-state index < -0.39 is 14.4 Å². The number of hydrogen-bond donors (Lipinski definition) is 1. The van der Waals surface area contributed by atoms with Crippen molar-refractivity contribution in [3.8, 4) is 0 Å². The molecule has 0 radical (unpaired) electrons. The van der Waals surface area contributed by atoms with Crippen molar-refractivity contribution in [1.29, 1.82) is 0 Å². The van der Waals surface area contributed by atoms with Crippen LogP contribution in [0.25, 0.3) is 0 Å². The summed E-state index contributed by atoms with van der Waals surface area (Å²) in [5, 5.41) is 3.00. The summed E-state index contributed by atoms with van der Waals surface area (Å²) in [5.41, 5.74) is 0.607. The minimum atomic E-state index is -0.758. The van der Waals surface area contributed by atoms with Gasteiger partial charge in [-0.25, -0.2) is 0 Å². The third kappa shape index (κ3) is 3.45. The van der Waals surface area contributed by atoms with Gasteiger partial charge in [0.05, 0.1) is 0 Å². The lowest BCUT2D eigenvalue weighted by Gasteiger charge is -2.58. The molecule has 4 aliphatic carbocycles. The maximum atomic E-state index is 4.36. The molecule has 0 aromatic carbocycles. The number of nitrogens with one attached hydrogen (secondary N) is 1. The highest BCUT2D eigenvalue weighted by Crippen LogP contribution is 2.55. The highest BCUT2D eigenvalue weighted by molar-refractivity contribution is 6.56. The SMILES string of the molecule is CC(C)[CH2][Al]([CH2]C(C)C)[NH]C12CC3CC(CC(C3)C1)C2. The summed E-state index contributed by atoms with van der Waals surface area (Å²) in [7, 11) is 0. The van der Waals surface area contributed by atoms with Gasteiger partial charge in [-0.3, -0.25) is 0 Å². The van der Waals surface area contributed by atoms with E-state index in [-0.39, 0.29) is 0 Å². The van der Waals surface area contributed by atoms with Gasteiger partial charge in [0, 0.05) is 0 Å². The summed E-state index contributed by atoms with van der Waals surface area (Å²) in [6.07, 6.45) is 9.29. The molecule has 0 heterocycles. The van der Waals surface area contributed by atoms with Crippen LogP contribution in [0.1, 0.15) is 66.2 Å². The molecule has 0 spiro atoms. The van der Waals surface area contributed by atoms with Crippen LogP contribution in [0, 0.1) is 29.6 Å². The van der Waals surface area contributed by atoms with E-state index in [4.69, 9.17) is 0 Å². The van der Waals surface area contributed by atoms with Crippen molar-refractivity contribution in [2.24, 2.45) is 29.6 Å². The Balaban J connectivity index is 1.67. The molecule has 0 aromatic heterocycles. The molecule has 4 bridgehead atoms. The van der Waals surface area contributed by atoms with Crippen LogP contribution in [0.3, 0.4) is 0 Å². The van der Waals surface area contributed by atoms with Gasteiger partial charge in [0.2, 0.25) is 0 Å². The van der Waals surface area contributed by atoms with Crippen LogP contribution < -0.4 is 4.30 Å². The first-order chi connectivity index (χ1) is 9.44. The lowest BCUT2D eigenvalue weighted by molar-refractivity contribution is -0.00931. The largest absolute Gasteiger partial charge is 0.393 e. The van der Waals surface area contributed by atoms with Crippen LogP contribution in [0.15, 0.2) is 0 Å². The average molecular weight is 291 g/mol. The van der Waals surface area contributed by atoms with Crippen molar-refractivity contribution in [2.45, 2.75) is 82.3 Å². The van der Waals surface area contributed by atoms with E-state index in [0.29, 0.717) is 5.54 Å². The normalized spacial score (nSPS) is 39.0. The maximum absolute atomic E-state index is 4.36. The van der Waals surface area contributed by atoms with Crippen LogP contribution >= 0.6 is 0 Å². The van der Waals surface area contributed by atoms with Gasteiger partial charge in [0.15, 0.2) is 0 Å². The molecule has 2 heteroatoms. The Labute approximate surface area is 130 Å². The fourth-order valence-corrected chi connectivity index (χ4v) is 10.00. The van der Waals surface area contributed by atoms with Crippen LogP contribution in [0.2, 0.25) is 10.6 Å². The lowest BCUT2D eigenvalue weighted by atomic mass is 9.53. The third-order valence-electron chi connectivity index (χ3n) is 6.06. The van der Waals surface area contributed by atoms with E-state index in [0.717, 1.165) is 29.6 Å². The number of rotatable bonds is 6. The minimum absolute atomic E-state index is 0.607. The van der Waals surface area contributed by atoms with Gasteiger partial charge >= 0.3 is 14.4 Å². The molecule has 4 fully saturated rings. The second kappa shape index (κ2) is 5.94. The van der Waals surface area contributed by atoms with Crippen molar-refractivity contribution >= 4 is 14.4 Å². The van der Waals surface area contributed by atoms with Crippen LogP contribution in [-0.4, -0.2) is 19.9 Å². The molecule has 4 rings (SSSR count). The Hall–Kier alpha value is 0.492. The second-order valence-corrected chi connectivity index (χ2v) is 11.9. The van der Waals surface area contributed by atoms with Gasteiger partial charge in [-0.05, 0) is 61.8 Å². The fourth-order valence-electron chi connectivity index (χ4n) is 6.07. The molecule has 0 atom stereocenters. The zero-order chi connectivity index (χ0) is 14.3. The molecule has 0 unspecified atom stereocenters. The molecule has 114 valence electrons. The fraction of sp³-hybridized carbons (Fsp3) is 1.00. The van der Waals surface area contributed by atoms with Gasteiger partial charge in [-0.1, -0.05) is 50.1 Å². The molecule has 4 aliphatic rings. The van der Waals surface area contributed by atoms with E-state index in [1.165, 1.54) is 29.8 Å². The first-order valence-corrected chi connectivity index (χ1v) is 11.4. The van der Waals surface area contributed by atoms with Crippen LogP contribution in [0.4, 0.5) is 0 Å². The standard InChI is InChI=1S/C10H16N.2C4H9.Al/c11-10-4-7-1-8(5-10)3-9(2-7)6-10;2*1-4(2)3;/h7-9,11H,1-6H2;2*4H,1H2,2-3H3;/q-1;;;+1. The minimum Gasteiger partial charge on any atom is -0.393 e. The van der Waals surface area contributed by atoms with Crippen molar-refractivity contribution in [1.82, 2.24) is 4.30 Å². The molecule has 0 saturated heterocycles. The molecule has 0 amide bonds. The maximum Gasteiger partial charge on any atom is 0.370 e. The first-order valence-electron chi connectivity index (χ1n) is 9.22. The monoisotopic (exact) mass is 291 g/mol. The van der Waals surface area contributed by atoms with Gasteiger partial charge in [0.25, 0.3) is 0 Å². The Kier molecular flexibility index (Phi) is 4.57. The van der Waals surface area contributed by atoms with Crippen molar-refractivity contribution < 1.29 is 0 Å². The highest BCUT2D eigenvalue weighted by atomic mass is 27.2. The van der Waals surface area contributed by atoms with Gasteiger partial charge in [-0.15, -0.1) is 0 Å². The van der Waals surface area contributed by atoms with E-state index in [1.807, 2.05) is 0 Å². The summed E-state index contributed by atoms with van der Waals surface area (Å²) in [5.74, 6) is 5.02. The zero-order valence-electron chi connectivity index (χ0n) is 14.1. The van der Waals surface area contributed by atoms with E-state index in [9.17, 15) is 0 Å². The predicted octanol–water partition coefficient (Wildman–Crippen LogP) is 4.85. The highest BCUT2D eigenvalue weighted by Gasteiger charge is 2.51. The Morgan fingerprint density at radius 3 is 1.60 bits per heavy atom. The van der Waals surface area contributed by atoms with Gasteiger partial charge in [-0.2, -0.15) is 0 Å². The molecule has 0 aromatic rings. The Bertz CT molecular complexity index is 291. The van der Waals surface area contributed by atoms with Gasteiger partial charge in [0.1, 0.15) is 0 Å². The molecular formula is C18H34AlN. The van der Waals surface area contributed by atoms with E-state index in [1.54, 1.807) is 19.3 Å². The summed E-state index contributed by atoms with van der Waals surface area (Å²) < 4.78 is 4.36. The predicted molar refractivity (Wildman–Crippen MR) is 89.1 cm³/mol. The van der Waals surface area contributed by atoms with E-state index in [2.05, 4.69) is 32.0 Å². The van der Waals surface area contributed by atoms with Crippen molar-refractivity contribution in [2.75, 3.05) is 0 Å². The Morgan fingerprint density at radius 1 is 0.850 bits per heavy atom. The summed E-state index contributed by atoms with van der Waals surface area (Å²) >= 11 is -0.758. The quantitative estimate of drug-likeness (QED) is 0.690. The first kappa shape index (κ1) is 15.4. The summed E-state index contributed by atoms with van der Waals surface area (Å²) in [4.78, 5) is 0. The van der Waals surface area contributed by atoms with Gasteiger partial charge < -0.3 is 4.30 Å². The lowest BCUT2D eigenvalue weighted by Crippen LogP contribution is -2.62. The summed E-state index contributed by atoms with van der Waals surface area (Å²) in [6.45, 7) is 9.67. The van der Waals surface area contributed by atoms with Crippen molar-refractivity contribution in [3.05, 3.63) is 0 Å². The Morgan fingerprint density at radius 2 is 1.25 bits per heavy atom. The third-order valence-corrected chi connectivity index (χ3v) is 10.1. The van der Waals surface area contributed by atoms with Crippen LogP contribution in [0.5, 0.6) is 0 Å².